The molecule has 2 rings (SSSR count). The fraction of sp³-hybridized carbons (Fsp3) is 0.308. The topological polar surface area (TPSA) is 53.1 Å². The van der Waals surface area contributed by atoms with Crippen molar-refractivity contribution in [3.8, 4) is 11.6 Å². The highest BCUT2D eigenvalue weighted by molar-refractivity contribution is 5.55. The van der Waals surface area contributed by atoms with Gasteiger partial charge in [-0.1, -0.05) is 13.8 Å². The summed E-state index contributed by atoms with van der Waals surface area (Å²) in [6.07, 6.45) is 0. The van der Waals surface area contributed by atoms with Crippen molar-refractivity contribution in [3.05, 3.63) is 35.8 Å². The number of anilines is 1. The molecule has 0 fully saturated rings. The van der Waals surface area contributed by atoms with E-state index in [1.807, 2.05) is 13.8 Å². The van der Waals surface area contributed by atoms with Crippen LogP contribution in [-0.2, 0) is 7.05 Å². The normalized spacial score (nSPS) is 10.9. The van der Waals surface area contributed by atoms with Crippen LogP contribution in [-0.4, -0.2) is 9.78 Å². The molecule has 0 amide bonds. The van der Waals surface area contributed by atoms with Gasteiger partial charge >= 0.3 is 0 Å². The van der Waals surface area contributed by atoms with Crippen molar-refractivity contribution in [2.75, 3.05) is 5.73 Å². The first-order chi connectivity index (χ1) is 8.49. The minimum Gasteiger partial charge on any atom is -0.437 e. The summed E-state index contributed by atoms with van der Waals surface area (Å²) in [7, 11) is 1.76. The van der Waals surface area contributed by atoms with E-state index >= 15 is 0 Å². The molecular formula is C13H16FN3O. The molecule has 0 unspecified atom stereocenters. The molecule has 0 aliphatic rings. The van der Waals surface area contributed by atoms with Crippen molar-refractivity contribution in [1.29, 1.82) is 0 Å². The number of nitrogen functional groups attached to an aromatic ring is 1. The van der Waals surface area contributed by atoms with Crippen LogP contribution < -0.4 is 10.5 Å². The second kappa shape index (κ2) is 4.68. The van der Waals surface area contributed by atoms with E-state index in [9.17, 15) is 4.39 Å². The number of nitrogens with two attached hydrogens (primary N) is 1. The lowest BCUT2D eigenvalue weighted by atomic mass is 10.1. The van der Waals surface area contributed by atoms with Crippen LogP contribution in [0.25, 0.3) is 0 Å². The van der Waals surface area contributed by atoms with Gasteiger partial charge in [-0.3, -0.25) is 0 Å². The molecule has 5 heteroatoms. The Bertz CT molecular complexity index is 546. The van der Waals surface area contributed by atoms with Gasteiger partial charge in [0.2, 0.25) is 5.88 Å². The molecule has 1 aromatic carbocycles. The number of aryl methyl sites for hydroxylation is 1. The summed E-state index contributed by atoms with van der Waals surface area (Å²) in [6.45, 7) is 4.03. The first kappa shape index (κ1) is 12.4. The summed E-state index contributed by atoms with van der Waals surface area (Å²) in [6, 6.07) is 5.78. The quantitative estimate of drug-likeness (QED) is 0.909. The molecule has 4 nitrogen and oxygen atoms in total. The lowest BCUT2D eigenvalue weighted by Gasteiger charge is -2.06. The molecule has 0 atom stereocenters. The van der Waals surface area contributed by atoms with Gasteiger partial charge in [0, 0.05) is 7.05 Å². The smallest absolute Gasteiger partial charge is 0.241 e. The van der Waals surface area contributed by atoms with E-state index in [2.05, 4.69) is 5.10 Å². The molecule has 1 heterocycles. The van der Waals surface area contributed by atoms with Gasteiger partial charge in [0.1, 0.15) is 17.3 Å². The van der Waals surface area contributed by atoms with E-state index in [0.717, 1.165) is 5.69 Å². The van der Waals surface area contributed by atoms with Crippen molar-refractivity contribution < 1.29 is 9.13 Å². The van der Waals surface area contributed by atoms with Crippen LogP contribution in [0.5, 0.6) is 11.6 Å². The number of benzene rings is 1. The Balaban J connectivity index is 2.32. The molecule has 0 bridgehead atoms. The van der Waals surface area contributed by atoms with E-state index in [4.69, 9.17) is 10.5 Å². The van der Waals surface area contributed by atoms with Gasteiger partial charge < -0.3 is 10.5 Å². The molecule has 1 aromatic heterocycles. The van der Waals surface area contributed by atoms with Gasteiger partial charge in [0.05, 0.1) is 5.69 Å². The number of halogens is 1. The number of aromatic nitrogens is 2. The van der Waals surface area contributed by atoms with Crippen molar-refractivity contribution in [1.82, 2.24) is 9.78 Å². The molecule has 0 spiro atoms. The lowest BCUT2D eigenvalue weighted by molar-refractivity contribution is 0.431. The predicted octanol–water partition coefficient (Wildman–Crippen LogP) is 3.06. The van der Waals surface area contributed by atoms with Crippen LogP contribution in [0.1, 0.15) is 25.5 Å². The highest BCUT2D eigenvalue weighted by Crippen LogP contribution is 2.32. The fourth-order valence-electron chi connectivity index (χ4n) is 1.71. The number of rotatable bonds is 3. The van der Waals surface area contributed by atoms with Crippen molar-refractivity contribution in [3.63, 3.8) is 0 Å². The highest BCUT2D eigenvalue weighted by atomic mass is 19.1. The maximum Gasteiger partial charge on any atom is 0.241 e. The van der Waals surface area contributed by atoms with Gasteiger partial charge in [0.25, 0.3) is 0 Å². The summed E-state index contributed by atoms with van der Waals surface area (Å²) >= 11 is 0. The molecule has 0 aliphatic carbocycles. The van der Waals surface area contributed by atoms with Crippen LogP contribution in [0.2, 0.25) is 0 Å². The standard InChI is InChI=1S/C13H16FN3O/c1-8(2)12-11(15)13(17(3)16-12)18-10-6-4-9(14)5-7-10/h4-8H,15H2,1-3H3. The largest absolute Gasteiger partial charge is 0.437 e. The third kappa shape index (κ3) is 2.30. The predicted molar refractivity (Wildman–Crippen MR) is 68.2 cm³/mol. The lowest BCUT2D eigenvalue weighted by Crippen LogP contribution is -1.97. The van der Waals surface area contributed by atoms with Gasteiger partial charge in [-0.2, -0.15) is 5.10 Å². The Kier molecular flexibility index (Phi) is 3.23. The van der Waals surface area contributed by atoms with E-state index < -0.39 is 0 Å². The Hall–Kier alpha value is -2.04. The Morgan fingerprint density at radius 3 is 2.39 bits per heavy atom. The number of hydrogen-bond acceptors (Lipinski definition) is 3. The Morgan fingerprint density at radius 2 is 1.89 bits per heavy atom. The number of nitrogens with zero attached hydrogens (tertiary/aromatic N) is 2. The maximum atomic E-state index is 12.8. The Labute approximate surface area is 105 Å². The van der Waals surface area contributed by atoms with E-state index in [1.54, 1.807) is 23.9 Å². The average Bonchev–Trinajstić information content (AvgIpc) is 2.60. The molecule has 0 aliphatic heterocycles. The van der Waals surface area contributed by atoms with Crippen LogP contribution in [0.3, 0.4) is 0 Å². The minimum absolute atomic E-state index is 0.224. The molecule has 2 aromatic rings. The zero-order valence-electron chi connectivity index (χ0n) is 10.6. The first-order valence-corrected chi connectivity index (χ1v) is 5.75. The van der Waals surface area contributed by atoms with Gasteiger partial charge in [-0.05, 0) is 30.2 Å². The third-order valence-corrected chi connectivity index (χ3v) is 2.63. The molecule has 2 N–H and O–H groups in total. The highest BCUT2D eigenvalue weighted by Gasteiger charge is 2.17. The van der Waals surface area contributed by atoms with Crippen molar-refractivity contribution in [2.24, 2.45) is 7.05 Å². The molecule has 0 saturated heterocycles. The zero-order valence-corrected chi connectivity index (χ0v) is 10.6. The molecule has 96 valence electrons. The molecular weight excluding hydrogens is 233 g/mol. The summed E-state index contributed by atoms with van der Waals surface area (Å²) < 4.78 is 20.0. The minimum atomic E-state index is -0.303. The summed E-state index contributed by atoms with van der Waals surface area (Å²) in [4.78, 5) is 0. The van der Waals surface area contributed by atoms with Gasteiger partial charge in [-0.15, -0.1) is 0 Å². The SMILES string of the molecule is CC(C)c1nn(C)c(Oc2ccc(F)cc2)c1N. The van der Waals surface area contributed by atoms with Crippen LogP contribution in [0.4, 0.5) is 10.1 Å². The number of ether oxygens (including phenoxy) is 1. The van der Waals surface area contributed by atoms with E-state index in [1.165, 1.54) is 12.1 Å². The molecule has 18 heavy (non-hydrogen) atoms. The molecule has 0 radical (unpaired) electrons. The van der Waals surface area contributed by atoms with E-state index in [-0.39, 0.29) is 11.7 Å². The van der Waals surface area contributed by atoms with E-state index in [0.29, 0.717) is 17.3 Å². The zero-order chi connectivity index (χ0) is 13.3. The monoisotopic (exact) mass is 249 g/mol. The number of hydrogen-bond donors (Lipinski definition) is 1. The summed E-state index contributed by atoms with van der Waals surface area (Å²) in [5.74, 6) is 0.927. The maximum absolute atomic E-state index is 12.8. The first-order valence-electron chi connectivity index (χ1n) is 5.75. The second-order valence-electron chi connectivity index (χ2n) is 4.44. The summed E-state index contributed by atoms with van der Waals surface area (Å²) in [5.41, 5.74) is 7.33. The average molecular weight is 249 g/mol. The molecule has 0 saturated carbocycles. The van der Waals surface area contributed by atoms with Gasteiger partial charge in [0.15, 0.2) is 0 Å². The van der Waals surface area contributed by atoms with Gasteiger partial charge in [-0.25, -0.2) is 9.07 Å². The van der Waals surface area contributed by atoms with Crippen molar-refractivity contribution >= 4 is 5.69 Å². The van der Waals surface area contributed by atoms with Crippen LogP contribution >= 0.6 is 0 Å². The second-order valence-corrected chi connectivity index (χ2v) is 4.44. The Morgan fingerprint density at radius 1 is 1.28 bits per heavy atom. The summed E-state index contributed by atoms with van der Waals surface area (Å²) in [5, 5.41) is 4.32. The van der Waals surface area contributed by atoms with Crippen LogP contribution in [0, 0.1) is 5.82 Å². The van der Waals surface area contributed by atoms with Crippen molar-refractivity contribution in [2.45, 2.75) is 19.8 Å². The van der Waals surface area contributed by atoms with Crippen LogP contribution in [0.15, 0.2) is 24.3 Å². The third-order valence-electron chi connectivity index (χ3n) is 2.63. The fourth-order valence-corrected chi connectivity index (χ4v) is 1.71.